The number of Topliss-reactive ketones (excluding diaryl/α,β-unsaturated/α-hetero) is 1. The van der Waals surface area contributed by atoms with Crippen LogP contribution >= 0.6 is 0 Å². The summed E-state index contributed by atoms with van der Waals surface area (Å²) in [4.78, 5) is 52.0. The summed E-state index contributed by atoms with van der Waals surface area (Å²) >= 11 is 0. The summed E-state index contributed by atoms with van der Waals surface area (Å²) in [5, 5.41) is 23.9. The maximum atomic E-state index is 14.5. The van der Waals surface area contributed by atoms with Gasteiger partial charge >= 0.3 is 11.9 Å². The molecule has 6 rings (SSSR count). The van der Waals surface area contributed by atoms with Gasteiger partial charge in [0.15, 0.2) is 11.9 Å². The molecule has 3 saturated heterocycles. The first kappa shape index (κ1) is 40.4. The van der Waals surface area contributed by atoms with Crippen molar-refractivity contribution < 1.29 is 48.1 Å². The second-order valence-corrected chi connectivity index (χ2v) is 16.4. The van der Waals surface area contributed by atoms with Crippen molar-refractivity contribution in [2.45, 2.75) is 122 Å². The third-order valence-corrected chi connectivity index (χ3v) is 11.4. The molecule has 1 aromatic carbocycles. The van der Waals surface area contributed by atoms with E-state index in [1.165, 1.54) is 24.3 Å². The first-order valence-corrected chi connectivity index (χ1v) is 19.3. The van der Waals surface area contributed by atoms with Crippen LogP contribution in [0, 0.1) is 33.8 Å². The number of ketones is 1. The van der Waals surface area contributed by atoms with Crippen LogP contribution in [0.2, 0.25) is 0 Å². The molecule has 0 amide bonds. The lowest BCUT2D eigenvalue weighted by atomic mass is 9.70. The molecule has 12 nitrogen and oxygen atoms in total. The van der Waals surface area contributed by atoms with E-state index >= 15 is 0 Å². The van der Waals surface area contributed by atoms with E-state index < -0.39 is 64.7 Å². The number of carbonyl (C=O) groups is 3. The van der Waals surface area contributed by atoms with E-state index in [-0.39, 0.29) is 54.2 Å². The molecule has 1 spiro atoms. The number of aliphatic hydroxyl groups is 1. The molecule has 0 radical (unpaired) electrons. The van der Waals surface area contributed by atoms with Gasteiger partial charge in [-0.1, -0.05) is 69.7 Å². The highest BCUT2D eigenvalue weighted by molar-refractivity contribution is 5.90. The van der Waals surface area contributed by atoms with Crippen molar-refractivity contribution >= 4 is 23.4 Å². The Kier molecular flexibility index (Phi) is 11.8. The molecule has 10 atom stereocenters. The van der Waals surface area contributed by atoms with Crippen molar-refractivity contribution in [3.05, 3.63) is 98.7 Å². The largest absolute Gasteiger partial charge is 0.462 e. The fourth-order valence-electron chi connectivity index (χ4n) is 8.73. The number of nitro groups is 1. The first-order valence-electron chi connectivity index (χ1n) is 19.3. The monoisotopic (exact) mass is 759 g/mol. The number of rotatable bonds is 5. The van der Waals surface area contributed by atoms with Gasteiger partial charge in [-0.3, -0.25) is 19.7 Å². The van der Waals surface area contributed by atoms with Gasteiger partial charge in [0.2, 0.25) is 0 Å². The summed E-state index contributed by atoms with van der Waals surface area (Å²) in [5.41, 5.74) is 0.958. The van der Waals surface area contributed by atoms with Crippen LogP contribution in [0.3, 0.4) is 0 Å². The standard InChI is InChI=1S/C43H53NO11/c1-24(2)17-27(5)37-29(7)36(45)22-42(55-37)21-34-20-33(54-42)16-11-26(4)18-25(3)9-8-10-31-23-51-39-38(28(6)19-35(41(47)52-34)43(31,39)48)53-40(46)30-12-14-32(15-13-30)44(49)50/h8-15,17,19,24-25,29,33-35,37-39,48H,16,18,20-23H2,1-7H3/t25-,29-,33+,34-,35-,37+,38+,39+,42?,43+/m0/s1. The van der Waals surface area contributed by atoms with Crippen LogP contribution in [-0.2, 0) is 33.3 Å². The Labute approximate surface area is 322 Å². The van der Waals surface area contributed by atoms with Crippen molar-refractivity contribution in [1.29, 1.82) is 0 Å². The summed E-state index contributed by atoms with van der Waals surface area (Å²) < 4.78 is 31.9. The number of allylic oxidation sites excluding steroid dienone is 5. The van der Waals surface area contributed by atoms with Gasteiger partial charge in [0.05, 0.1) is 35.7 Å². The normalized spacial score (nSPS) is 35.7. The highest BCUT2D eigenvalue weighted by atomic mass is 16.7. The summed E-state index contributed by atoms with van der Waals surface area (Å²) in [6.07, 6.45) is 9.39. The van der Waals surface area contributed by atoms with Crippen molar-refractivity contribution in [2.24, 2.45) is 23.7 Å². The summed E-state index contributed by atoms with van der Waals surface area (Å²) in [7, 11) is 0. The number of hydrogen-bond donors (Lipinski definition) is 1. The molecule has 1 unspecified atom stereocenters. The quantitative estimate of drug-likeness (QED) is 0.142. The average Bonchev–Trinajstić information content (AvgIpc) is 3.45. The summed E-state index contributed by atoms with van der Waals surface area (Å²) in [6, 6.07) is 5.02. The second kappa shape index (κ2) is 16.1. The van der Waals surface area contributed by atoms with Crippen LogP contribution in [0.25, 0.3) is 0 Å². The van der Waals surface area contributed by atoms with E-state index in [9.17, 15) is 29.6 Å². The molecule has 0 aromatic heterocycles. The number of carbonyl (C=O) groups excluding carboxylic acids is 3. The molecule has 2 bridgehead atoms. The molecule has 1 N–H and O–H groups in total. The number of fused-ring (bicyclic) bond motifs is 2. The Morgan fingerprint density at radius 3 is 2.53 bits per heavy atom. The van der Waals surface area contributed by atoms with Gasteiger partial charge in [0.1, 0.15) is 29.5 Å². The third-order valence-electron chi connectivity index (χ3n) is 11.4. The molecule has 1 aromatic rings. The Morgan fingerprint density at radius 1 is 1.11 bits per heavy atom. The molecule has 55 heavy (non-hydrogen) atoms. The molecule has 3 fully saturated rings. The van der Waals surface area contributed by atoms with Crippen molar-refractivity contribution in [1.82, 2.24) is 0 Å². The number of esters is 2. The minimum absolute atomic E-state index is 0.0168. The third kappa shape index (κ3) is 8.47. The molecule has 12 heteroatoms. The zero-order valence-electron chi connectivity index (χ0n) is 32.7. The molecule has 5 aliphatic rings. The number of nitro benzene ring substituents is 1. The van der Waals surface area contributed by atoms with E-state index in [4.69, 9.17) is 23.7 Å². The Bertz CT molecular complexity index is 1840. The van der Waals surface area contributed by atoms with Crippen molar-refractivity contribution in [2.75, 3.05) is 6.61 Å². The number of ether oxygens (including phenoxy) is 5. The molecule has 296 valence electrons. The Balaban J connectivity index is 1.35. The predicted molar refractivity (Wildman–Crippen MR) is 203 cm³/mol. The minimum Gasteiger partial charge on any atom is -0.462 e. The Morgan fingerprint density at radius 2 is 1.84 bits per heavy atom. The van der Waals surface area contributed by atoms with E-state index in [2.05, 4.69) is 39.8 Å². The lowest BCUT2D eigenvalue weighted by Crippen LogP contribution is -2.59. The van der Waals surface area contributed by atoms with Crippen molar-refractivity contribution in [3.8, 4) is 0 Å². The van der Waals surface area contributed by atoms with E-state index in [1.54, 1.807) is 19.1 Å². The lowest BCUT2D eigenvalue weighted by molar-refractivity contribution is -0.384. The van der Waals surface area contributed by atoms with Crippen LogP contribution in [0.4, 0.5) is 5.69 Å². The van der Waals surface area contributed by atoms with Gasteiger partial charge in [0, 0.05) is 30.9 Å². The van der Waals surface area contributed by atoms with Gasteiger partial charge in [-0.05, 0) is 74.3 Å². The lowest BCUT2D eigenvalue weighted by Gasteiger charge is -2.49. The van der Waals surface area contributed by atoms with Crippen LogP contribution in [0.5, 0.6) is 0 Å². The number of nitrogens with zero attached hydrogens (tertiary/aromatic N) is 1. The van der Waals surface area contributed by atoms with Gasteiger partial charge in [0.25, 0.3) is 5.69 Å². The second-order valence-electron chi connectivity index (χ2n) is 16.4. The molecular weight excluding hydrogens is 706 g/mol. The zero-order chi connectivity index (χ0) is 39.8. The van der Waals surface area contributed by atoms with Gasteiger partial charge in [-0.15, -0.1) is 0 Å². The highest BCUT2D eigenvalue weighted by Gasteiger charge is 2.61. The van der Waals surface area contributed by atoms with Gasteiger partial charge in [-0.2, -0.15) is 0 Å². The van der Waals surface area contributed by atoms with Crippen LogP contribution in [0.1, 0.15) is 90.9 Å². The van der Waals surface area contributed by atoms with E-state index in [0.29, 0.717) is 24.0 Å². The summed E-state index contributed by atoms with van der Waals surface area (Å²) in [6.45, 7) is 13.8. The fraction of sp³-hybridized carbons (Fsp3) is 0.558. The maximum Gasteiger partial charge on any atom is 0.338 e. The van der Waals surface area contributed by atoms with Crippen LogP contribution in [-0.4, -0.2) is 76.3 Å². The molecule has 4 heterocycles. The number of non-ortho nitro benzene ring substituents is 1. The SMILES string of the molecule is CC1=CC[C@@H]2C[C@@H](CC3(CC(=O)[C@H](C)[C@@H](C(C)=CC(C)C)O3)O2)OC(=O)[C@@H]2C=C(C)[C@@H](OC(=O)c3ccc([N+](=O)[O-])cc3)[C@H]3OCC(=CC=C[C@H](C)C1)[C@]32O. The van der Waals surface area contributed by atoms with E-state index in [0.717, 1.165) is 17.6 Å². The van der Waals surface area contributed by atoms with Crippen LogP contribution in [0.15, 0.2) is 83.0 Å². The molecule has 4 aliphatic heterocycles. The molecular formula is C43H53NO11. The first-order chi connectivity index (χ1) is 26.0. The molecule has 0 saturated carbocycles. The smallest absolute Gasteiger partial charge is 0.338 e. The van der Waals surface area contributed by atoms with Gasteiger partial charge < -0.3 is 28.8 Å². The molecule has 1 aliphatic carbocycles. The Hall–Kier alpha value is -4.23. The number of benzene rings is 1. The maximum absolute atomic E-state index is 14.5. The van der Waals surface area contributed by atoms with Gasteiger partial charge in [-0.25, -0.2) is 4.79 Å². The number of hydrogen-bond acceptors (Lipinski definition) is 11. The van der Waals surface area contributed by atoms with E-state index in [1.807, 2.05) is 26.0 Å². The average molecular weight is 760 g/mol. The minimum atomic E-state index is -1.95. The zero-order valence-corrected chi connectivity index (χ0v) is 32.7. The van der Waals surface area contributed by atoms with Crippen LogP contribution < -0.4 is 0 Å². The summed E-state index contributed by atoms with van der Waals surface area (Å²) in [5.74, 6) is -3.96. The topological polar surface area (TPSA) is 161 Å². The predicted octanol–water partition coefficient (Wildman–Crippen LogP) is 7.07. The highest BCUT2D eigenvalue weighted by Crippen LogP contribution is 2.48. The fourth-order valence-corrected chi connectivity index (χ4v) is 8.73. The van der Waals surface area contributed by atoms with Crippen molar-refractivity contribution in [3.63, 3.8) is 0 Å².